The summed E-state index contributed by atoms with van der Waals surface area (Å²) in [6.45, 7) is 1.43. The molecule has 1 rings (SSSR count). The summed E-state index contributed by atoms with van der Waals surface area (Å²) in [5.74, 6) is -0.950. The largest absolute Gasteiger partial charge is 0.376 e. The van der Waals surface area contributed by atoms with Gasteiger partial charge in [0, 0.05) is 13.2 Å². The van der Waals surface area contributed by atoms with Crippen LogP contribution < -0.4 is 11.1 Å². The van der Waals surface area contributed by atoms with E-state index in [0.29, 0.717) is 19.5 Å². The molecular formula is C10H20N2O4S. The molecule has 0 aliphatic carbocycles. The molecule has 1 amide bonds. The van der Waals surface area contributed by atoms with Crippen LogP contribution in [0.25, 0.3) is 0 Å². The van der Waals surface area contributed by atoms with Crippen molar-refractivity contribution in [2.45, 2.75) is 25.4 Å². The maximum Gasteiger partial charge on any atom is 0.235 e. The summed E-state index contributed by atoms with van der Waals surface area (Å²) in [5, 5.41) is 2.58. The summed E-state index contributed by atoms with van der Waals surface area (Å²) in [6, 6.07) is 0. The zero-order valence-corrected chi connectivity index (χ0v) is 10.7. The number of hydrogen-bond acceptors (Lipinski definition) is 5. The van der Waals surface area contributed by atoms with Crippen molar-refractivity contribution in [1.82, 2.24) is 5.32 Å². The molecule has 1 saturated heterocycles. The smallest absolute Gasteiger partial charge is 0.235 e. The van der Waals surface area contributed by atoms with Crippen molar-refractivity contribution in [2.24, 2.45) is 5.73 Å². The summed E-state index contributed by atoms with van der Waals surface area (Å²) in [7, 11) is -3.32. The monoisotopic (exact) mass is 264 g/mol. The highest BCUT2D eigenvalue weighted by Gasteiger charge is 2.19. The molecule has 17 heavy (non-hydrogen) atoms. The Morgan fingerprint density at radius 2 is 2.24 bits per heavy atom. The molecule has 6 nitrogen and oxygen atoms in total. The lowest BCUT2D eigenvalue weighted by Crippen LogP contribution is -2.36. The van der Waals surface area contributed by atoms with Gasteiger partial charge in [-0.05, 0) is 25.8 Å². The number of rotatable bonds is 7. The summed E-state index contributed by atoms with van der Waals surface area (Å²) < 4.78 is 28.2. The average molecular weight is 264 g/mol. The van der Waals surface area contributed by atoms with Gasteiger partial charge in [-0.25, -0.2) is 8.42 Å². The molecule has 100 valence electrons. The molecule has 0 aromatic rings. The van der Waals surface area contributed by atoms with Crippen LogP contribution in [0.3, 0.4) is 0 Å². The van der Waals surface area contributed by atoms with E-state index >= 15 is 0 Å². The quantitative estimate of drug-likeness (QED) is 0.617. The first-order chi connectivity index (χ1) is 8.03. The molecule has 7 heteroatoms. The van der Waals surface area contributed by atoms with E-state index in [1.165, 1.54) is 0 Å². The van der Waals surface area contributed by atoms with Crippen molar-refractivity contribution < 1.29 is 17.9 Å². The molecule has 0 radical (unpaired) electrons. The fourth-order valence-electron chi connectivity index (χ4n) is 1.66. The number of hydrogen-bond donors (Lipinski definition) is 2. The van der Waals surface area contributed by atoms with Crippen LogP contribution in [0.4, 0.5) is 0 Å². The molecule has 0 spiro atoms. The van der Waals surface area contributed by atoms with Gasteiger partial charge in [0.15, 0.2) is 9.84 Å². The molecule has 1 atom stereocenters. The number of amides is 1. The average Bonchev–Trinajstić information content (AvgIpc) is 2.76. The highest BCUT2D eigenvalue weighted by atomic mass is 32.2. The van der Waals surface area contributed by atoms with Crippen LogP contribution in [0.1, 0.15) is 19.3 Å². The first-order valence-electron chi connectivity index (χ1n) is 5.82. The Balaban J connectivity index is 2.23. The molecule has 3 N–H and O–H groups in total. The van der Waals surface area contributed by atoms with Crippen molar-refractivity contribution in [3.8, 4) is 0 Å². The maximum atomic E-state index is 11.4. The predicted molar refractivity (Wildman–Crippen MR) is 64.3 cm³/mol. The second-order valence-electron chi connectivity index (χ2n) is 4.17. The van der Waals surface area contributed by atoms with E-state index in [-0.39, 0.29) is 11.9 Å². The predicted octanol–water partition coefficient (Wildman–Crippen LogP) is -0.955. The van der Waals surface area contributed by atoms with Gasteiger partial charge in [-0.15, -0.1) is 0 Å². The van der Waals surface area contributed by atoms with Crippen molar-refractivity contribution in [3.05, 3.63) is 0 Å². The SMILES string of the molecule is NCCCS(=O)(=O)CC(=O)NCC1CCCO1. The fraction of sp³-hybridized carbons (Fsp3) is 0.900. The van der Waals surface area contributed by atoms with Crippen molar-refractivity contribution >= 4 is 15.7 Å². The van der Waals surface area contributed by atoms with E-state index in [0.717, 1.165) is 19.4 Å². The zero-order chi connectivity index (χ0) is 12.7. The first-order valence-corrected chi connectivity index (χ1v) is 7.64. The molecule has 0 bridgehead atoms. The summed E-state index contributed by atoms with van der Waals surface area (Å²) in [4.78, 5) is 11.4. The Morgan fingerprint density at radius 3 is 2.82 bits per heavy atom. The van der Waals surface area contributed by atoms with Gasteiger partial charge < -0.3 is 15.8 Å². The number of nitrogens with two attached hydrogens (primary N) is 1. The molecule has 1 aliphatic rings. The zero-order valence-electron chi connectivity index (χ0n) is 9.85. The Labute approximate surface area is 102 Å². The van der Waals surface area contributed by atoms with Crippen molar-refractivity contribution in [2.75, 3.05) is 31.2 Å². The topological polar surface area (TPSA) is 98.5 Å². The van der Waals surface area contributed by atoms with Gasteiger partial charge >= 0.3 is 0 Å². The summed E-state index contributed by atoms with van der Waals surface area (Å²) in [5.41, 5.74) is 5.23. The Bertz CT molecular complexity index is 336. The molecule has 0 aromatic heterocycles. The normalized spacial score (nSPS) is 20.4. The minimum atomic E-state index is -3.32. The number of ether oxygens (including phenoxy) is 1. The maximum absolute atomic E-state index is 11.4. The van der Waals surface area contributed by atoms with Crippen LogP contribution >= 0.6 is 0 Å². The van der Waals surface area contributed by atoms with Gasteiger partial charge in [0.2, 0.25) is 5.91 Å². The van der Waals surface area contributed by atoms with Gasteiger partial charge in [0.1, 0.15) is 5.75 Å². The third-order valence-electron chi connectivity index (χ3n) is 2.56. The standard InChI is InChI=1S/C10H20N2O4S/c11-4-2-6-17(14,15)8-10(13)12-7-9-3-1-5-16-9/h9H,1-8,11H2,(H,12,13). The van der Waals surface area contributed by atoms with Crippen LogP contribution in [-0.2, 0) is 19.4 Å². The second-order valence-corrected chi connectivity index (χ2v) is 6.36. The molecular weight excluding hydrogens is 244 g/mol. The highest BCUT2D eigenvalue weighted by Crippen LogP contribution is 2.10. The third kappa shape index (κ3) is 5.99. The van der Waals surface area contributed by atoms with E-state index in [1.54, 1.807) is 0 Å². The van der Waals surface area contributed by atoms with E-state index in [4.69, 9.17) is 10.5 Å². The number of nitrogens with one attached hydrogen (secondary N) is 1. The van der Waals surface area contributed by atoms with Gasteiger partial charge in [-0.3, -0.25) is 4.79 Å². The molecule has 0 aromatic carbocycles. The molecule has 0 saturated carbocycles. The number of carbonyl (C=O) groups is 1. The van der Waals surface area contributed by atoms with E-state index in [2.05, 4.69) is 5.32 Å². The van der Waals surface area contributed by atoms with Crippen LogP contribution in [0.5, 0.6) is 0 Å². The Kier molecular flexibility index (Phi) is 5.87. The lowest BCUT2D eigenvalue weighted by molar-refractivity contribution is -0.119. The fourth-order valence-corrected chi connectivity index (χ4v) is 2.91. The van der Waals surface area contributed by atoms with Crippen LogP contribution in [0.15, 0.2) is 0 Å². The van der Waals surface area contributed by atoms with E-state index in [9.17, 15) is 13.2 Å². The lowest BCUT2D eigenvalue weighted by atomic mass is 10.2. The van der Waals surface area contributed by atoms with Gasteiger partial charge in [0.25, 0.3) is 0 Å². The Morgan fingerprint density at radius 1 is 1.47 bits per heavy atom. The molecule has 1 heterocycles. The number of carbonyl (C=O) groups excluding carboxylic acids is 1. The summed E-state index contributed by atoms with van der Waals surface area (Å²) >= 11 is 0. The van der Waals surface area contributed by atoms with Crippen molar-refractivity contribution in [1.29, 1.82) is 0 Å². The second kappa shape index (κ2) is 6.93. The van der Waals surface area contributed by atoms with Gasteiger partial charge in [-0.1, -0.05) is 0 Å². The number of sulfone groups is 1. The summed E-state index contributed by atoms with van der Waals surface area (Å²) in [6.07, 6.45) is 2.34. The van der Waals surface area contributed by atoms with Crippen LogP contribution in [-0.4, -0.2) is 51.6 Å². The minimum absolute atomic E-state index is 0.0309. The molecule has 1 aliphatic heterocycles. The highest BCUT2D eigenvalue weighted by molar-refractivity contribution is 7.92. The van der Waals surface area contributed by atoms with Gasteiger partial charge in [-0.2, -0.15) is 0 Å². The van der Waals surface area contributed by atoms with Crippen LogP contribution in [0, 0.1) is 0 Å². The van der Waals surface area contributed by atoms with Crippen LogP contribution in [0.2, 0.25) is 0 Å². The Hall–Kier alpha value is -0.660. The van der Waals surface area contributed by atoms with E-state index < -0.39 is 21.5 Å². The molecule has 1 unspecified atom stereocenters. The van der Waals surface area contributed by atoms with Gasteiger partial charge in [0.05, 0.1) is 11.9 Å². The first kappa shape index (κ1) is 14.4. The lowest BCUT2D eigenvalue weighted by Gasteiger charge is -2.10. The van der Waals surface area contributed by atoms with E-state index in [1.807, 2.05) is 0 Å². The molecule has 1 fully saturated rings. The minimum Gasteiger partial charge on any atom is -0.376 e. The van der Waals surface area contributed by atoms with Crippen molar-refractivity contribution in [3.63, 3.8) is 0 Å². The third-order valence-corrected chi connectivity index (χ3v) is 4.17.